The molecule has 18 heavy (non-hydrogen) atoms. The predicted octanol–water partition coefficient (Wildman–Crippen LogP) is 3.32. The number of phenols is 1. The van der Waals surface area contributed by atoms with Gasteiger partial charge < -0.3 is 15.2 Å². The Bertz CT molecular complexity index is 538. The minimum atomic E-state index is 0.168. The highest BCUT2D eigenvalue weighted by Gasteiger charge is 2.02. The number of aromatic hydroxyl groups is 1. The highest BCUT2D eigenvalue weighted by Crippen LogP contribution is 2.26. The Hall–Kier alpha value is -2.16. The predicted molar refractivity (Wildman–Crippen MR) is 73.2 cm³/mol. The molecule has 3 nitrogen and oxygen atoms in total. The van der Waals surface area contributed by atoms with E-state index >= 15 is 0 Å². The Morgan fingerprint density at radius 3 is 2.67 bits per heavy atom. The van der Waals surface area contributed by atoms with Crippen LogP contribution in [0.5, 0.6) is 11.5 Å². The molecule has 3 heteroatoms. The summed E-state index contributed by atoms with van der Waals surface area (Å²) in [4.78, 5) is 0. The quantitative estimate of drug-likeness (QED) is 0.865. The molecule has 0 atom stereocenters. The molecule has 0 bridgehead atoms. The van der Waals surface area contributed by atoms with E-state index in [-0.39, 0.29) is 5.75 Å². The smallest absolute Gasteiger partial charge is 0.160 e. The third-order valence-corrected chi connectivity index (χ3v) is 2.76. The number of hydrogen-bond donors (Lipinski definition) is 2. The van der Waals surface area contributed by atoms with Crippen molar-refractivity contribution in [1.29, 1.82) is 0 Å². The van der Waals surface area contributed by atoms with Gasteiger partial charge in [-0.25, -0.2) is 0 Å². The first kappa shape index (κ1) is 12.3. The lowest BCUT2D eigenvalue weighted by molar-refractivity contribution is 0.373. The van der Waals surface area contributed by atoms with E-state index in [1.807, 2.05) is 18.2 Å². The number of ether oxygens (including phenoxy) is 1. The third-order valence-electron chi connectivity index (χ3n) is 2.76. The van der Waals surface area contributed by atoms with Crippen molar-refractivity contribution in [3.05, 3.63) is 53.6 Å². The van der Waals surface area contributed by atoms with Crippen molar-refractivity contribution < 1.29 is 9.84 Å². The molecule has 0 unspecified atom stereocenters. The second kappa shape index (κ2) is 5.45. The van der Waals surface area contributed by atoms with Gasteiger partial charge in [0, 0.05) is 12.2 Å². The fraction of sp³-hybridized carbons (Fsp3) is 0.200. The van der Waals surface area contributed by atoms with Crippen LogP contribution in [0.3, 0.4) is 0 Å². The van der Waals surface area contributed by atoms with E-state index in [1.165, 1.54) is 5.56 Å². The van der Waals surface area contributed by atoms with Crippen molar-refractivity contribution in [2.24, 2.45) is 0 Å². The fourth-order valence-electron chi connectivity index (χ4n) is 1.80. The minimum absolute atomic E-state index is 0.168. The number of nitrogens with one attached hydrogen (secondary N) is 1. The van der Waals surface area contributed by atoms with Crippen LogP contribution in [0.1, 0.15) is 11.1 Å². The SMILES string of the molecule is COc1ccc(CNc2cccc(C)c2)cc1O. The summed E-state index contributed by atoms with van der Waals surface area (Å²) in [6, 6.07) is 13.6. The average Bonchev–Trinajstić information content (AvgIpc) is 2.37. The second-order valence-electron chi connectivity index (χ2n) is 4.23. The molecule has 94 valence electrons. The highest BCUT2D eigenvalue weighted by atomic mass is 16.5. The highest BCUT2D eigenvalue weighted by molar-refractivity contribution is 5.47. The summed E-state index contributed by atoms with van der Waals surface area (Å²) in [5.74, 6) is 0.662. The van der Waals surface area contributed by atoms with Gasteiger partial charge in [-0.05, 0) is 42.3 Å². The molecular weight excluding hydrogens is 226 g/mol. The van der Waals surface area contributed by atoms with E-state index in [1.54, 1.807) is 19.2 Å². The van der Waals surface area contributed by atoms with Gasteiger partial charge in [0.25, 0.3) is 0 Å². The summed E-state index contributed by atoms with van der Waals surface area (Å²) in [5, 5.41) is 13.0. The molecule has 0 spiro atoms. The molecule has 0 fully saturated rings. The molecule has 0 aromatic heterocycles. The van der Waals surface area contributed by atoms with Gasteiger partial charge in [-0.1, -0.05) is 18.2 Å². The maximum Gasteiger partial charge on any atom is 0.160 e. The van der Waals surface area contributed by atoms with Gasteiger partial charge in [0.2, 0.25) is 0 Å². The van der Waals surface area contributed by atoms with Crippen LogP contribution in [0.15, 0.2) is 42.5 Å². The Morgan fingerprint density at radius 1 is 1.17 bits per heavy atom. The molecular formula is C15H17NO2. The van der Waals surface area contributed by atoms with Crippen molar-refractivity contribution in [2.45, 2.75) is 13.5 Å². The van der Waals surface area contributed by atoms with Crippen molar-refractivity contribution in [2.75, 3.05) is 12.4 Å². The van der Waals surface area contributed by atoms with E-state index in [4.69, 9.17) is 4.74 Å². The zero-order chi connectivity index (χ0) is 13.0. The largest absolute Gasteiger partial charge is 0.504 e. The van der Waals surface area contributed by atoms with Gasteiger partial charge in [-0.15, -0.1) is 0 Å². The maximum atomic E-state index is 9.68. The molecule has 0 saturated carbocycles. The lowest BCUT2D eigenvalue weighted by Gasteiger charge is -2.09. The summed E-state index contributed by atoms with van der Waals surface area (Å²) in [6.45, 7) is 2.73. The standard InChI is InChI=1S/C15H17NO2/c1-11-4-3-5-13(8-11)16-10-12-6-7-15(18-2)14(17)9-12/h3-9,16-17H,10H2,1-2H3. The normalized spacial score (nSPS) is 10.1. The van der Waals surface area contributed by atoms with E-state index < -0.39 is 0 Å². The van der Waals surface area contributed by atoms with E-state index in [9.17, 15) is 5.11 Å². The molecule has 2 aromatic rings. The molecule has 0 radical (unpaired) electrons. The number of rotatable bonds is 4. The van der Waals surface area contributed by atoms with Gasteiger partial charge in [0.1, 0.15) is 0 Å². The molecule has 0 aliphatic heterocycles. The number of anilines is 1. The van der Waals surface area contributed by atoms with Crippen molar-refractivity contribution >= 4 is 5.69 Å². The van der Waals surface area contributed by atoms with E-state index in [2.05, 4.69) is 24.4 Å². The summed E-state index contributed by atoms with van der Waals surface area (Å²) < 4.78 is 5.01. The number of phenolic OH excluding ortho intramolecular Hbond substituents is 1. The zero-order valence-corrected chi connectivity index (χ0v) is 10.6. The van der Waals surface area contributed by atoms with Crippen LogP contribution in [-0.4, -0.2) is 12.2 Å². The molecule has 0 aliphatic rings. The molecule has 2 N–H and O–H groups in total. The number of methoxy groups -OCH3 is 1. The first-order valence-corrected chi connectivity index (χ1v) is 5.85. The molecule has 0 amide bonds. The average molecular weight is 243 g/mol. The number of benzene rings is 2. The maximum absolute atomic E-state index is 9.68. The van der Waals surface area contributed by atoms with E-state index in [0.29, 0.717) is 12.3 Å². The van der Waals surface area contributed by atoms with Crippen LogP contribution in [0.2, 0.25) is 0 Å². The van der Waals surface area contributed by atoms with Crippen LogP contribution in [-0.2, 0) is 6.54 Å². The topological polar surface area (TPSA) is 41.5 Å². The lowest BCUT2D eigenvalue weighted by Crippen LogP contribution is -1.99. The monoisotopic (exact) mass is 243 g/mol. The van der Waals surface area contributed by atoms with E-state index in [0.717, 1.165) is 11.3 Å². The Kier molecular flexibility index (Phi) is 3.72. The summed E-state index contributed by atoms with van der Waals surface area (Å²) in [7, 11) is 1.54. The summed E-state index contributed by atoms with van der Waals surface area (Å²) in [5.41, 5.74) is 3.30. The zero-order valence-electron chi connectivity index (χ0n) is 10.6. The second-order valence-corrected chi connectivity index (χ2v) is 4.23. The van der Waals surface area contributed by atoms with Crippen molar-refractivity contribution in [3.8, 4) is 11.5 Å². The van der Waals surface area contributed by atoms with Crippen LogP contribution in [0, 0.1) is 6.92 Å². The van der Waals surface area contributed by atoms with Crippen LogP contribution < -0.4 is 10.1 Å². The summed E-state index contributed by atoms with van der Waals surface area (Å²) in [6.07, 6.45) is 0. The lowest BCUT2D eigenvalue weighted by atomic mass is 10.2. The van der Waals surface area contributed by atoms with Gasteiger partial charge in [-0.2, -0.15) is 0 Å². The third kappa shape index (κ3) is 2.94. The van der Waals surface area contributed by atoms with Gasteiger partial charge >= 0.3 is 0 Å². The molecule has 0 saturated heterocycles. The first-order chi connectivity index (χ1) is 8.69. The van der Waals surface area contributed by atoms with Gasteiger partial charge in [0.05, 0.1) is 7.11 Å². The van der Waals surface area contributed by atoms with Gasteiger partial charge in [-0.3, -0.25) is 0 Å². The fourth-order valence-corrected chi connectivity index (χ4v) is 1.80. The summed E-state index contributed by atoms with van der Waals surface area (Å²) >= 11 is 0. The van der Waals surface area contributed by atoms with Crippen molar-refractivity contribution in [1.82, 2.24) is 0 Å². The molecule has 0 heterocycles. The minimum Gasteiger partial charge on any atom is -0.504 e. The van der Waals surface area contributed by atoms with Crippen LogP contribution in [0.4, 0.5) is 5.69 Å². The number of aryl methyl sites for hydroxylation is 1. The van der Waals surface area contributed by atoms with Crippen LogP contribution in [0.25, 0.3) is 0 Å². The molecule has 0 aliphatic carbocycles. The molecule has 2 aromatic carbocycles. The number of hydrogen-bond acceptors (Lipinski definition) is 3. The van der Waals surface area contributed by atoms with Crippen molar-refractivity contribution in [3.63, 3.8) is 0 Å². The molecule has 2 rings (SSSR count). The van der Waals surface area contributed by atoms with Gasteiger partial charge in [0.15, 0.2) is 11.5 Å². The Balaban J connectivity index is 2.04. The Labute approximate surface area is 107 Å². The Morgan fingerprint density at radius 2 is 2.00 bits per heavy atom. The first-order valence-electron chi connectivity index (χ1n) is 5.85. The van der Waals surface area contributed by atoms with Crippen LogP contribution >= 0.6 is 0 Å².